The van der Waals surface area contributed by atoms with E-state index in [0.29, 0.717) is 36.3 Å². The molecular formula is C34H45ClF4N2O5. The zero-order valence-corrected chi connectivity index (χ0v) is 28.1. The van der Waals surface area contributed by atoms with Crippen LogP contribution in [0.4, 0.5) is 17.6 Å². The Labute approximate surface area is 274 Å². The molecule has 1 amide bonds. The van der Waals surface area contributed by atoms with Gasteiger partial charge in [0.2, 0.25) is 5.67 Å². The number of ether oxygens (including phenoxy) is 2. The van der Waals surface area contributed by atoms with E-state index in [1.54, 1.807) is 36.3 Å². The molecule has 2 aliphatic rings. The van der Waals surface area contributed by atoms with Gasteiger partial charge in [0, 0.05) is 37.6 Å². The number of rotatable bonds is 9. The molecule has 0 radical (unpaired) electrons. The largest absolute Gasteiger partial charge is 0.497 e. The smallest absolute Gasteiger partial charge is 0.416 e. The molecule has 0 unspecified atom stereocenters. The third-order valence-electron chi connectivity index (χ3n) is 9.33. The number of hydrogen-bond donors (Lipinski definition) is 1. The highest BCUT2D eigenvalue weighted by atomic mass is 35.5. The number of alkyl halides is 4. The molecule has 4 rings (SSSR count). The van der Waals surface area contributed by atoms with Crippen LogP contribution in [-0.2, 0) is 15.8 Å². The first kappa shape index (κ1) is 37.4. The van der Waals surface area contributed by atoms with Gasteiger partial charge in [-0.15, -0.1) is 12.4 Å². The standard InChI is InChI=1S/C34H44F4N2O5.ClH/c1-31(2,3)40-20-27(23-7-10-25(44-6)11-8-23)33(35,21-40)29(41)39-16-13-22(14-17-39)26-12-9-24(34(36,37)38)19-28(26)45-18-15-32(4,5)30(42)43;/h7-12,19,22,27H,13-18,20-21H2,1-6H3,(H,42,43);1H/t27-,33-;/m0./s1. The monoisotopic (exact) mass is 672 g/mol. The molecule has 256 valence electrons. The second-order valence-electron chi connectivity index (χ2n) is 13.8. The van der Waals surface area contributed by atoms with Crippen LogP contribution in [0, 0.1) is 5.41 Å². The molecule has 0 aliphatic carbocycles. The highest BCUT2D eigenvalue weighted by Crippen LogP contribution is 2.45. The molecule has 1 N–H and O–H groups in total. The number of carboxylic acids is 1. The minimum Gasteiger partial charge on any atom is -0.497 e. The number of carbonyl (C=O) groups excluding carboxylic acids is 1. The van der Waals surface area contributed by atoms with Crippen LogP contribution in [0.1, 0.15) is 82.4 Å². The summed E-state index contributed by atoms with van der Waals surface area (Å²) in [6, 6.07) is 10.5. The van der Waals surface area contributed by atoms with Gasteiger partial charge in [-0.2, -0.15) is 13.2 Å². The van der Waals surface area contributed by atoms with Crippen LogP contribution >= 0.6 is 12.4 Å². The number of halogens is 5. The number of hydrogen-bond acceptors (Lipinski definition) is 5. The highest BCUT2D eigenvalue weighted by Gasteiger charge is 2.57. The normalized spacial score (nSPS) is 21.5. The Morgan fingerprint density at radius 1 is 1.00 bits per heavy atom. The van der Waals surface area contributed by atoms with E-state index >= 15 is 4.39 Å². The van der Waals surface area contributed by atoms with Crippen molar-refractivity contribution in [2.24, 2.45) is 5.41 Å². The lowest BCUT2D eigenvalue weighted by Gasteiger charge is -2.38. The Morgan fingerprint density at radius 2 is 1.61 bits per heavy atom. The second kappa shape index (κ2) is 14.0. The number of likely N-dealkylation sites (tertiary alicyclic amines) is 2. The fourth-order valence-corrected chi connectivity index (χ4v) is 6.10. The molecule has 0 bridgehead atoms. The molecule has 0 aromatic heterocycles. The number of methoxy groups -OCH3 is 1. The average molecular weight is 673 g/mol. The summed E-state index contributed by atoms with van der Waals surface area (Å²) in [5, 5.41) is 9.40. The maximum absolute atomic E-state index is 17.1. The third-order valence-corrected chi connectivity index (χ3v) is 9.33. The van der Waals surface area contributed by atoms with Gasteiger partial charge >= 0.3 is 12.1 Å². The Balaban J connectivity index is 0.00000576. The first-order valence-corrected chi connectivity index (χ1v) is 15.3. The lowest BCUT2D eigenvalue weighted by Crippen LogP contribution is -2.53. The first-order chi connectivity index (χ1) is 20.9. The minimum atomic E-state index is -4.58. The quantitative estimate of drug-likeness (QED) is 0.281. The van der Waals surface area contributed by atoms with Crippen LogP contribution < -0.4 is 9.47 Å². The van der Waals surface area contributed by atoms with Crippen molar-refractivity contribution in [3.8, 4) is 11.5 Å². The number of carboxylic acid groups (broad SMARTS) is 1. The van der Waals surface area contributed by atoms with Crippen molar-refractivity contribution < 1.29 is 41.7 Å². The molecule has 2 aromatic rings. The van der Waals surface area contributed by atoms with Crippen molar-refractivity contribution in [3.05, 3.63) is 59.2 Å². The van der Waals surface area contributed by atoms with E-state index in [1.165, 1.54) is 19.9 Å². The van der Waals surface area contributed by atoms with Crippen LogP contribution in [0.5, 0.6) is 11.5 Å². The maximum atomic E-state index is 17.1. The SMILES string of the molecule is COc1ccc([C@@H]2CN(C(C)(C)C)C[C@@]2(F)C(=O)N2CCC(c3ccc(C(F)(F)F)cc3OCCC(C)(C)C(=O)O)CC2)cc1.Cl. The van der Waals surface area contributed by atoms with E-state index in [0.717, 1.165) is 12.1 Å². The van der Waals surface area contributed by atoms with Gasteiger partial charge in [-0.25, -0.2) is 4.39 Å². The fraction of sp³-hybridized carbons (Fsp3) is 0.588. The number of aliphatic carboxylic acids is 1. The summed E-state index contributed by atoms with van der Waals surface area (Å²) in [6.45, 7) is 9.77. The topological polar surface area (TPSA) is 79.3 Å². The van der Waals surface area contributed by atoms with E-state index in [-0.39, 0.29) is 62.3 Å². The summed E-state index contributed by atoms with van der Waals surface area (Å²) < 4.78 is 68.8. The molecule has 2 saturated heterocycles. The number of benzene rings is 2. The van der Waals surface area contributed by atoms with Crippen LogP contribution in [0.15, 0.2) is 42.5 Å². The van der Waals surface area contributed by atoms with Gasteiger partial charge in [0.15, 0.2) is 0 Å². The summed E-state index contributed by atoms with van der Waals surface area (Å²) in [6.07, 6.45) is -3.64. The molecule has 2 fully saturated rings. The van der Waals surface area contributed by atoms with Crippen molar-refractivity contribution in [1.29, 1.82) is 0 Å². The number of nitrogens with zero attached hydrogens (tertiary/aromatic N) is 2. The molecule has 2 aromatic carbocycles. The molecule has 46 heavy (non-hydrogen) atoms. The lowest BCUT2D eigenvalue weighted by atomic mass is 9.83. The lowest BCUT2D eigenvalue weighted by molar-refractivity contribution is -0.147. The Kier molecular flexibility index (Phi) is 11.4. The highest BCUT2D eigenvalue weighted by molar-refractivity contribution is 5.87. The van der Waals surface area contributed by atoms with E-state index in [4.69, 9.17) is 9.47 Å². The van der Waals surface area contributed by atoms with Gasteiger partial charge in [0.05, 0.1) is 24.7 Å². The van der Waals surface area contributed by atoms with Crippen LogP contribution in [0.25, 0.3) is 0 Å². The number of carbonyl (C=O) groups is 2. The predicted molar refractivity (Wildman–Crippen MR) is 170 cm³/mol. The Morgan fingerprint density at radius 3 is 2.13 bits per heavy atom. The average Bonchev–Trinajstić information content (AvgIpc) is 3.35. The van der Waals surface area contributed by atoms with E-state index in [9.17, 15) is 27.9 Å². The van der Waals surface area contributed by atoms with Gasteiger partial charge in [-0.1, -0.05) is 18.2 Å². The minimum absolute atomic E-state index is 0. The predicted octanol–water partition coefficient (Wildman–Crippen LogP) is 7.33. The van der Waals surface area contributed by atoms with Crippen molar-refractivity contribution >= 4 is 24.3 Å². The second-order valence-corrected chi connectivity index (χ2v) is 13.8. The molecule has 0 saturated carbocycles. The van der Waals surface area contributed by atoms with Crippen LogP contribution in [-0.4, -0.2) is 77.9 Å². The van der Waals surface area contributed by atoms with Crippen molar-refractivity contribution in [1.82, 2.24) is 9.80 Å². The van der Waals surface area contributed by atoms with Crippen LogP contribution in [0.2, 0.25) is 0 Å². The van der Waals surface area contributed by atoms with Crippen molar-refractivity contribution in [3.63, 3.8) is 0 Å². The Bertz CT molecular complexity index is 1370. The fourth-order valence-electron chi connectivity index (χ4n) is 6.10. The summed E-state index contributed by atoms with van der Waals surface area (Å²) in [4.78, 5) is 29.0. The molecule has 2 atom stereocenters. The van der Waals surface area contributed by atoms with Gasteiger partial charge in [0.1, 0.15) is 11.5 Å². The van der Waals surface area contributed by atoms with E-state index in [1.807, 2.05) is 25.7 Å². The summed E-state index contributed by atoms with van der Waals surface area (Å²) >= 11 is 0. The summed E-state index contributed by atoms with van der Waals surface area (Å²) in [5.41, 5.74) is -3.21. The van der Waals surface area contributed by atoms with E-state index in [2.05, 4.69) is 0 Å². The maximum Gasteiger partial charge on any atom is 0.416 e. The number of piperidine rings is 1. The molecule has 2 heterocycles. The van der Waals surface area contributed by atoms with Crippen LogP contribution in [0.3, 0.4) is 0 Å². The summed E-state index contributed by atoms with van der Waals surface area (Å²) in [5.74, 6) is -1.82. The van der Waals surface area contributed by atoms with Crippen molar-refractivity contribution in [2.45, 2.75) is 83.1 Å². The van der Waals surface area contributed by atoms with Gasteiger partial charge in [0.25, 0.3) is 5.91 Å². The van der Waals surface area contributed by atoms with E-state index < -0.39 is 40.6 Å². The zero-order chi connectivity index (χ0) is 33.4. The van der Waals surface area contributed by atoms with Gasteiger partial charge in [-0.05, 0) is 95.2 Å². The number of amides is 1. The molecule has 0 spiro atoms. The van der Waals surface area contributed by atoms with Gasteiger partial charge in [-0.3, -0.25) is 14.5 Å². The zero-order valence-electron chi connectivity index (χ0n) is 27.2. The first-order valence-electron chi connectivity index (χ1n) is 15.3. The van der Waals surface area contributed by atoms with Gasteiger partial charge < -0.3 is 19.5 Å². The third kappa shape index (κ3) is 8.08. The molecule has 2 aliphatic heterocycles. The molecule has 7 nitrogen and oxygen atoms in total. The molecular weight excluding hydrogens is 628 g/mol. The van der Waals surface area contributed by atoms with Crippen molar-refractivity contribution in [2.75, 3.05) is 39.9 Å². The summed E-state index contributed by atoms with van der Waals surface area (Å²) in [7, 11) is 1.55. The Hall–Kier alpha value is -3.05. The molecule has 12 heteroatoms.